The van der Waals surface area contributed by atoms with E-state index in [1.54, 1.807) is 7.18 Å². The van der Waals surface area contributed by atoms with Gasteiger partial charge in [0.25, 0.3) is 0 Å². The van der Waals surface area contributed by atoms with Gasteiger partial charge >= 0.3 is 271 Å². The summed E-state index contributed by atoms with van der Waals surface area (Å²) in [7, 11) is 10.5. The van der Waals surface area contributed by atoms with E-state index < -0.39 is 32.3 Å². The van der Waals surface area contributed by atoms with E-state index >= 15 is 0 Å². The van der Waals surface area contributed by atoms with E-state index in [-0.39, 0.29) is 10.8 Å². The molecule has 3 aromatic rings. The molecular weight excluding hydrogens is 663 g/mol. The fourth-order valence-electron chi connectivity index (χ4n) is 5.92. The third-order valence-electron chi connectivity index (χ3n) is 8.22. The summed E-state index contributed by atoms with van der Waals surface area (Å²) in [6, 6.07) is 22.7. The molecule has 0 bridgehead atoms. The fraction of sp³-hybridized carbons (Fsp3) is 0.421. The molecule has 0 saturated carbocycles. The molecule has 0 amide bonds. The summed E-state index contributed by atoms with van der Waals surface area (Å²) in [4.78, 5) is 4.54. The Morgan fingerprint density at radius 1 is 0.762 bits per heavy atom. The predicted molar refractivity (Wildman–Crippen MR) is 179 cm³/mol. The predicted octanol–water partition coefficient (Wildman–Crippen LogP) is 8.95. The number of ether oxygens (including phenoxy) is 1. The van der Waals surface area contributed by atoms with Gasteiger partial charge in [0.05, 0.1) is 0 Å². The van der Waals surface area contributed by atoms with Gasteiger partial charge in [-0.05, 0) is 0 Å². The van der Waals surface area contributed by atoms with Crippen LogP contribution in [0.1, 0.15) is 68.9 Å². The Morgan fingerprint density at radius 3 is 1.74 bits per heavy atom. The maximum atomic E-state index is 6.23. The molecule has 0 spiro atoms. The number of hydrogen-bond donors (Lipinski definition) is 0. The Morgan fingerprint density at radius 2 is 1.26 bits per heavy atom. The van der Waals surface area contributed by atoms with Crippen molar-refractivity contribution in [1.82, 2.24) is 0 Å². The van der Waals surface area contributed by atoms with Crippen LogP contribution >= 0.6 is 0 Å². The second kappa shape index (κ2) is 13.2. The molecule has 0 fully saturated rings. The van der Waals surface area contributed by atoms with Gasteiger partial charge in [-0.3, -0.25) is 0 Å². The molecule has 0 N–H and O–H groups in total. The summed E-state index contributed by atoms with van der Waals surface area (Å²) in [6.45, 7) is 13.9. The normalized spacial score (nSPS) is 13.9. The average molecular weight is 714 g/mol. The molecule has 229 valence electrons. The van der Waals surface area contributed by atoms with Gasteiger partial charge in [-0.1, -0.05) is 0 Å². The minimum absolute atomic E-state index is 0.00242. The summed E-state index contributed by atoms with van der Waals surface area (Å²) in [5, 5.41) is 0. The number of allylic oxidation sites excluding steroid dienone is 4. The molecule has 4 heteroatoms. The molecular formula is C38H51DyN2O. The number of hydrogen-bond acceptors (Lipinski definition) is 3. The maximum absolute atomic E-state index is 6.23. The monoisotopic (exact) mass is 715 g/mol. The van der Waals surface area contributed by atoms with Crippen LogP contribution in [0.5, 0.6) is 5.75 Å². The molecule has 3 aromatic carbocycles. The van der Waals surface area contributed by atoms with Crippen molar-refractivity contribution in [1.29, 1.82) is 0 Å². The van der Waals surface area contributed by atoms with Crippen LogP contribution in [0.4, 0.5) is 11.4 Å². The van der Waals surface area contributed by atoms with Crippen LogP contribution < -0.4 is 14.5 Å². The average Bonchev–Trinajstić information content (AvgIpc) is 3.43. The summed E-state index contributed by atoms with van der Waals surface area (Å²) < 4.78 is 10.1. The first-order valence-electron chi connectivity index (χ1n) is 14.9. The van der Waals surface area contributed by atoms with Crippen molar-refractivity contribution in [3.63, 3.8) is 0 Å². The number of methoxy groups -OCH3 is 1. The molecule has 4 rings (SSSR count). The summed E-state index contributed by atoms with van der Waals surface area (Å²) in [5.74, 6) is 1.05. The van der Waals surface area contributed by atoms with Crippen LogP contribution in [0.3, 0.4) is 0 Å². The Bertz CT molecular complexity index is 1420. The van der Waals surface area contributed by atoms with Gasteiger partial charge in [0, 0.05) is 0 Å². The Labute approximate surface area is 268 Å². The van der Waals surface area contributed by atoms with E-state index in [9.17, 15) is 0 Å². The molecule has 0 aromatic heterocycles. The van der Waals surface area contributed by atoms with E-state index in [1.807, 2.05) is 7.11 Å². The molecule has 0 atom stereocenters. The third kappa shape index (κ3) is 6.96. The van der Waals surface area contributed by atoms with E-state index in [0.29, 0.717) is 0 Å². The van der Waals surface area contributed by atoms with E-state index in [4.69, 9.17) is 4.74 Å². The van der Waals surface area contributed by atoms with Crippen LogP contribution in [-0.2, 0) is 15.7 Å². The summed E-state index contributed by atoms with van der Waals surface area (Å²) in [6.07, 6.45) is 5.91. The van der Waals surface area contributed by atoms with Crippen LogP contribution in [0.2, 0.25) is 0 Å². The standard InChI is InChI=1S/C20H27O.2C9H12N.Dy/c1-14-12-16(19(2,3)4)18(21-7)17(13-14)20(5,6)15-10-8-9-11-15;2*1-8-6-4-5-7-9(8)10(2)3;/h8-9,12-13H,10H2,1-7H3;2*4-7H,1H2,2-3H3;. The van der Waals surface area contributed by atoms with Crippen molar-refractivity contribution < 1.29 is 37.0 Å². The van der Waals surface area contributed by atoms with Gasteiger partial charge in [-0.25, -0.2) is 0 Å². The topological polar surface area (TPSA) is 15.7 Å². The van der Waals surface area contributed by atoms with E-state index in [1.165, 1.54) is 39.2 Å². The first-order chi connectivity index (χ1) is 19.8. The van der Waals surface area contributed by atoms with Gasteiger partial charge in [-0.15, -0.1) is 0 Å². The fourth-order valence-corrected chi connectivity index (χ4v) is 12.4. The second-order valence-electron chi connectivity index (χ2n) is 13.3. The Kier molecular flexibility index (Phi) is 10.3. The zero-order chi connectivity index (χ0) is 30.8. The second-order valence-corrected chi connectivity index (χ2v) is 18.3. The van der Waals surface area contributed by atoms with Gasteiger partial charge < -0.3 is 0 Å². The molecule has 1 aliphatic carbocycles. The van der Waals surface area contributed by atoms with E-state index in [0.717, 1.165) is 17.1 Å². The zero-order valence-electron chi connectivity index (χ0n) is 27.7. The number of nitrogens with zero attached hydrogens (tertiary/aromatic N) is 2. The SMILES string of the molecule is COc1c(C(C)(C)C)cc(C)cc1C(C)(C)C1=[C]([Dy]([CH2]c2ccccc2N(C)C)[CH2]c2ccccc2N(C)C)C=CC1. The van der Waals surface area contributed by atoms with Crippen molar-refractivity contribution >= 4 is 11.4 Å². The molecule has 1 aliphatic rings. The molecule has 3 nitrogen and oxygen atoms in total. The van der Waals surface area contributed by atoms with Crippen LogP contribution in [-0.4, -0.2) is 35.3 Å². The molecule has 0 heterocycles. The van der Waals surface area contributed by atoms with Crippen molar-refractivity contribution in [3.05, 3.63) is 108 Å². The first-order valence-corrected chi connectivity index (χ1v) is 18.7. The van der Waals surface area contributed by atoms with Gasteiger partial charge in [0.1, 0.15) is 0 Å². The van der Waals surface area contributed by atoms with Crippen molar-refractivity contribution in [2.45, 2.75) is 63.7 Å². The first kappa shape index (κ1) is 32.7. The van der Waals surface area contributed by atoms with Crippen molar-refractivity contribution in [2.75, 3.05) is 45.1 Å². The van der Waals surface area contributed by atoms with Crippen LogP contribution in [0, 0.1) is 39.2 Å². The zero-order valence-corrected chi connectivity index (χ0v) is 29.7. The molecule has 0 unspecified atom stereocenters. The molecule has 42 heavy (non-hydrogen) atoms. The molecule has 0 saturated heterocycles. The van der Waals surface area contributed by atoms with Gasteiger partial charge in [-0.2, -0.15) is 0 Å². The van der Waals surface area contributed by atoms with E-state index in [2.05, 4.69) is 152 Å². The number of anilines is 2. The summed E-state index contributed by atoms with van der Waals surface area (Å²) >= 11 is -1.79. The van der Waals surface area contributed by atoms with Gasteiger partial charge in [0.2, 0.25) is 0 Å². The van der Waals surface area contributed by atoms with Gasteiger partial charge in [0.15, 0.2) is 0 Å². The number of rotatable bonds is 10. The number of benzene rings is 3. The molecule has 0 aliphatic heterocycles. The molecule has 0 radical (unpaired) electrons. The van der Waals surface area contributed by atoms with Crippen molar-refractivity contribution in [3.8, 4) is 5.75 Å². The van der Waals surface area contributed by atoms with Crippen LogP contribution in [0.25, 0.3) is 0 Å². The number of para-hydroxylation sites is 2. The van der Waals surface area contributed by atoms with Crippen LogP contribution in [0.15, 0.2) is 80.0 Å². The quantitative estimate of drug-likeness (QED) is 0.209. The third-order valence-corrected chi connectivity index (χ3v) is 14.0. The Balaban J connectivity index is 1.91. The summed E-state index contributed by atoms with van der Waals surface area (Å²) in [5.41, 5.74) is 10.9. The number of aryl methyl sites for hydroxylation is 1. The minimum atomic E-state index is -1.79. The Hall–Kier alpha value is -2.19. The van der Waals surface area contributed by atoms with Crippen molar-refractivity contribution in [2.24, 2.45) is 0 Å².